The SMILES string of the molecule is COc1cc(C#N)ccc1/C=C(\C(C)=O)C(=O)N1CCCCC1. The lowest BCUT2D eigenvalue weighted by molar-refractivity contribution is -0.130. The highest BCUT2D eigenvalue weighted by molar-refractivity contribution is 6.21. The van der Waals surface area contributed by atoms with Crippen LogP contribution < -0.4 is 4.74 Å². The number of piperidine rings is 1. The van der Waals surface area contributed by atoms with E-state index in [9.17, 15) is 9.59 Å². The minimum atomic E-state index is -0.271. The van der Waals surface area contributed by atoms with Crippen LogP contribution in [0.3, 0.4) is 0 Å². The van der Waals surface area contributed by atoms with Crippen LogP contribution in [0.4, 0.5) is 0 Å². The second-order valence-electron chi connectivity index (χ2n) is 5.54. The van der Waals surface area contributed by atoms with Gasteiger partial charge in [-0.05, 0) is 50.5 Å². The van der Waals surface area contributed by atoms with E-state index in [0.717, 1.165) is 19.3 Å². The van der Waals surface area contributed by atoms with Gasteiger partial charge in [0.1, 0.15) is 5.75 Å². The molecule has 0 radical (unpaired) electrons. The number of likely N-dealkylation sites (tertiary alicyclic amines) is 1. The number of nitrogens with zero attached hydrogens (tertiary/aromatic N) is 2. The summed E-state index contributed by atoms with van der Waals surface area (Å²) in [5.41, 5.74) is 1.22. The lowest BCUT2D eigenvalue weighted by Crippen LogP contribution is -2.37. The van der Waals surface area contributed by atoms with Crippen LogP contribution >= 0.6 is 0 Å². The summed E-state index contributed by atoms with van der Waals surface area (Å²) in [4.78, 5) is 26.3. The van der Waals surface area contributed by atoms with E-state index in [4.69, 9.17) is 10.00 Å². The zero-order chi connectivity index (χ0) is 16.8. The van der Waals surface area contributed by atoms with E-state index >= 15 is 0 Å². The van der Waals surface area contributed by atoms with Gasteiger partial charge in [0, 0.05) is 18.7 Å². The van der Waals surface area contributed by atoms with Crippen molar-refractivity contribution >= 4 is 17.8 Å². The first-order valence-electron chi connectivity index (χ1n) is 7.67. The molecule has 1 aromatic carbocycles. The molecule has 0 bridgehead atoms. The molecule has 5 nitrogen and oxygen atoms in total. The van der Waals surface area contributed by atoms with Crippen molar-refractivity contribution in [2.45, 2.75) is 26.2 Å². The average Bonchev–Trinajstić information content (AvgIpc) is 2.59. The summed E-state index contributed by atoms with van der Waals surface area (Å²) in [6.45, 7) is 2.77. The Morgan fingerprint density at radius 2 is 1.96 bits per heavy atom. The Balaban J connectivity index is 2.37. The zero-order valence-corrected chi connectivity index (χ0v) is 13.5. The molecule has 0 aromatic heterocycles. The Hall–Kier alpha value is -2.61. The van der Waals surface area contributed by atoms with E-state index in [1.807, 2.05) is 6.07 Å². The standard InChI is InChI=1S/C18H20N2O3/c1-13(21)16(18(22)20-8-4-3-5-9-20)11-15-7-6-14(12-19)10-17(15)23-2/h6-7,10-11H,3-5,8-9H2,1-2H3/b16-11+. The number of benzene rings is 1. The summed E-state index contributed by atoms with van der Waals surface area (Å²) in [6, 6.07) is 6.95. The van der Waals surface area contributed by atoms with Crippen LogP contribution in [0.1, 0.15) is 37.3 Å². The highest BCUT2D eigenvalue weighted by Gasteiger charge is 2.23. The number of ketones is 1. The number of nitriles is 1. The van der Waals surface area contributed by atoms with Gasteiger partial charge in [-0.2, -0.15) is 5.26 Å². The van der Waals surface area contributed by atoms with E-state index in [1.165, 1.54) is 14.0 Å². The third-order valence-corrected chi connectivity index (χ3v) is 3.92. The molecule has 1 aromatic rings. The van der Waals surface area contributed by atoms with Crippen LogP contribution in [0, 0.1) is 11.3 Å². The van der Waals surface area contributed by atoms with Gasteiger partial charge in [0.05, 0.1) is 24.3 Å². The lowest BCUT2D eigenvalue weighted by atomic mass is 10.0. The molecule has 0 spiro atoms. The monoisotopic (exact) mass is 312 g/mol. The fourth-order valence-electron chi connectivity index (χ4n) is 2.64. The van der Waals surface area contributed by atoms with Gasteiger partial charge >= 0.3 is 0 Å². The third-order valence-electron chi connectivity index (χ3n) is 3.92. The van der Waals surface area contributed by atoms with E-state index in [0.29, 0.717) is 30.0 Å². The van der Waals surface area contributed by atoms with Crippen molar-refractivity contribution < 1.29 is 14.3 Å². The van der Waals surface area contributed by atoms with Crippen molar-refractivity contribution in [2.75, 3.05) is 20.2 Å². The summed E-state index contributed by atoms with van der Waals surface area (Å²) in [7, 11) is 1.49. The van der Waals surface area contributed by atoms with Crippen molar-refractivity contribution in [1.82, 2.24) is 4.90 Å². The first-order chi connectivity index (χ1) is 11.1. The van der Waals surface area contributed by atoms with Gasteiger partial charge in [0.2, 0.25) is 0 Å². The molecular weight excluding hydrogens is 292 g/mol. The third kappa shape index (κ3) is 3.98. The Morgan fingerprint density at radius 3 is 2.52 bits per heavy atom. The second kappa shape index (κ2) is 7.59. The Labute approximate surface area is 136 Å². The Kier molecular flexibility index (Phi) is 5.53. The zero-order valence-electron chi connectivity index (χ0n) is 13.5. The molecule has 0 atom stereocenters. The Morgan fingerprint density at radius 1 is 1.26 bits per heavy atom. The van der Waals surface area contributed by atoms with Gasteiger partial charge in [0.25, 0.3) is 5.91 Å². The maximum atomic E-state index is 12.6. The number of carbonyl (C=O) groups excluding carboxylic acids is 2. The van der Waals surface area contributed by atoms with Crippen LogP contribution in [0.25, 0.3) is 6.08 Å². The van der Waals surface area contributed by atoms with Crippen molar-refractivity contribution in [2.24, 2.45) is 0 Å². The molecule has 1 aliphatic rings. The predicted molar refractivity (Wildman–Crippen MR) is 86.8 cm³/mol. The molecule has 120 valence electrons. The van der Waals surface area contributed by atoms with Crippen LogP contribution in [0.2, 0.25) is 0 Å². The van der Waals surface area contributed by atoms with Crippen molar-refractivity contribution in [3.8, 4) is 11.8 Å². The van der Waals surface area contributed by atoms with Gasteiger partial charge < -0.3 is 9.64 Å². The van der Waals surface area contributed by atoms with E-state index in [-0.39, 0.29) is 17.3 Å². The number of hydrogen-bond acceptors (Lipinski definition) is 4. The summed E-state index contributed by atoms with van der Waals surface area (Å²) >= 11 is 0. The first-order valence-corrected chi connectivity index (χ1v) is 7.67. The largest absolute Gasteiger partial charge is 0.496 e. The number of ether oxygens (including phenoxy) is 1. The normalized spacial score (nSPS) is 15.0. The van der Waals surface area contributed by atoms with Crippen LogP contribution in [0.5, 0.6) is 5.75 Å². The van der Waals surface area contributed by atoms with E-state index in [1.54, 1.807) is 29.2 Å². The van der Waals surface area contributed by atoms with Crippen LogP contribution in [-0.2, 0) is 9.59 Å². The lowest BCUT2D eigenvalue weighted by Gasteiger charge is -2.27. The van der Waals surface area contributed by atoms with E-state index < -0.39 is 0 Å². The highest BCUT2D eigenvalue weighted by Crippen LogP contribution is 2.24. The number of methoxy groups -OCH3 is 1. The molecule has 5 heteroatoms. The minimum Gasteiger partial charge on any atom is -0.496 e. The number of rotatable bonds is 4. The van der Waals surface area contributed by atoms with Crippen molar-refractivity contribution in [3.63, 3.8) is 0 Å². The van der Waals surface area contributed by atoms with Gasteiger partial charge in [-0.1, -0.05) is 0 Å². The topological polar surface area (TPSA) is 70.4 Å². The molecule has 1 amide bonds. The molecule has 23 heavy (non-hydrogen) atoms. The summed E-state index contributed by atoms with van der Waals surface area (Å²) in [6.07, 6.45) is 4.61. The second-order valence-corrected chi connectivity index (χ2v) is 5.54. The molecule has 1 saturated heterocycles. The molecule has 1 aliphatic heterocycles. The fraction of sp³-hybridized carbons (Fsp3) is 0.389. The predicted octanol–water partition coefficient (Wildman–Crippen LogP) is 2.55. The average molecular weight is 312 g/mol. The van der Waals surface area contributed by atoms with Crippen molar-refractivity contribution in [1.29, 1.82) is 5.26 Å². The van der Waals surface area contributed by atoms with Gasteiger partial charge in [-0.3, -0.25) is 9.59 Å². The van der Waals surface area contributed by atoms with Crippen LogP contribution in [0.15, 0.2) is 23.8 Å². The quantitative estimate of drug-likeness (QED) is 0.487. The maximum Gasteiger partial charge on any atom is 0.257 e. The highest BCUT2D eigenvalue weighted by atomic mass is 16.5. The van der Waals surface area contributed by atoms with Gasteiger partial charge in [-0.15, -0.1) is 0 Å². The van der Waals surface area contributed by atoms with Crippen molar-refractivity contribution in [3.05, 3.63) is 34.9 Å². The summed E-state index contributed by atoms with van der Waals surface area (Å²) < 4.78 is 5.26. The summed E-state index contributed by atoms with van der Waals surface area (Å²) in [5, 5.41) is 8.94. The smallest absolute Gasteiger partial charge is 0.257 e. The van der Waals surface area contributed by atoms with E-state index in [2.05, 4.69) is 0 Å². The molecule has 1 fully saturated rings. The fourth-order valence-corrected chi connectivity index (χ4v) is 2.64. The number of Topliss-reactive ketones (excluding diaryl/α,β-unsaturated/α-hetero) is 1. The maximum absolute atomic E-state index is 12.6. The molecule has 2 rings (SSSR count). The van der Waals surface area contributed by atoms with Gasteiger partial charge in [0.15, 0.2) is 5.78 Å². The molecule has 0 N–H and O–H groups in total. The molecule has 0 saturated carbocycles. The summed E-state index contributed by atoms with van der Waals surface area (Å²) in [5.74, 6) is -0.0372. The first kappa shape index (κ1) is 16.8. The molecular formula is C18H20N2O3. The molecule has 0 unspecified atom stereocenters. The molecule has 1 heterocycles. The number of carbonyl (C=O) groups is 2. The van der Waals surface area contributed by atoms with Crippen LogP contribution in [-0.4, -0.2) is 36.8 Å². The van der Waals surface area contributed by atoms with Gasteiger partial charge in [-0.25, -0.2) is 0 Å². The molecule has 0 aliphatic carbocycles. The number of hydrogen-bond donors (Lipinski definition) is 0. The Bertz CT molecular complexity index is 680. The number of amides is 1. The minimum absolute atomic E-state index is 0.148.